The molecule has 0 radical (unpaired) electrons. The minimum Gasteiger partial charge on any atom is -0.386 e. The highest BCUT2D eigenvalue weighted by atomic mass is 79.9. The molecule has 0 aromatic carbocycles. The molecule has 0 aliphatic heterocycles. The van der Waals surface area contributed by atoms with Crippen LogP contribution in [0, 0.1) is 0 Å². The van der Waals surface area contributed by atoms with Crippen molar-refractivity contribution in [3.63, 3.8) is 0 Å². The van der Waals surface area contributed by atoms with Crippen LogP contribution in [0.5, 0.6) is 0 Å². The van der Waals surface area contributed by atoms with Gasteiger partial charge in [0.15, 0.2) is 0 Å². The SMILES string of the molecule is [NH3+]C1C=C(Br)C=C/C1=C/NCc1cccnc1. The van der Waals surface area contributed by atoms with Gasteiger partial charge in [0.05, 0.1) is 0 Å². The van der Waals surface area contributed by atoms with Crippen LogP contribution < -0.4 is 11.1 Å². The van der Waals surface area contributed by atoms with E-state index in [2.05, 4.69) is 44.1 Å². The maximum absolute atomic E-state index is 4.08. The number of hydrogen-bond acceptors (Lipinski definition) is 2. The highest BCUT2D eigenvalue weighted by Gasteiger charge is 2.11. The first-order valence-electron chi connectivity index (χ1n) is 5.46. The van der Waals surface area contributed by atoms with Crippen molar-refractivity contribution in [2.24, 2.45) is 0 Å². The van der Waals surface area contributed by atoms with Crippen LogP contribution in [0.4, 0.5) is 0 Å². The summed E-state index contributed by atoms with van der Waals surface area (Å²) >= 11 is 3.44. The molecule has 1 atom stereocenters. The number of quaternary nitrogens is 1. The molecule has 0 fully saturated rings. The molecule has 2 rings (SSSR count). The van der Waals surface area contributed by atoms with Gasteiger partial charge in [-0.2, -0.15) is 0 Å². The number of allylic oxidation sites excluding steroid dienone is 2. The first-order chi connectivity index (χ1) is 8.25. The Hall–Kier alpha value is -1.39. The lowest BCUT2D eigenvalue weighted by molar-refractivity contribution is -0.389. The molecule has 4 heteroatoms. The van der Waals surface area contributed by atoms with Gasteiger partial charge in [-0.15, -0.1) is 0 Å². The van der Waals surface area contributed by atoms with Crippen LogP contribution in [0.15, 0.2) is 59.0 Å². The molecule has 1 heterocycles. The molecule has 0 spiro atoms. The van der Waals surface area contributed by atoms with E-state index in [0.717, 1.165) is 11.0 Å². The second-order valence-electron chi connectivity index (χ2n) is 3.88. The maximum Gasteiger partial charge on any atom is 0.132 e. The highest BCUT2D eigenvalue weighted by molar-refractivity contribution is 9.11. The maximum atomic E-state index is 4.08. The van der Waals surface area contributed by atoms with Gasteiger partial charge in [-0.25, -0.2) is 0 Å². The minimum atomic E-state index is 0.191. The summed E-state index contributed by atoms with van der Waals surface area (Å²) in [4.78, 5) is 4.07. The van der Waals surface area contributed by atoms with Crippen LogP contribution in [-0.4, -0.2) is 11.0 Å². The fraction of sp³-hybridized carbons (Fsp3) is 0.154. The van der Waals surface area contributed by atoms with Crippen molar-refractivity contribution in [3.8, 4) is 0 Å². The molecule has 1 unspecified atom stereocenters. The second kappa shape index (κ2) is 5.80. The summed E-state index contributed by atoms with van der Waals surface area (Å²) in [7, 11) is 0. The summed E-state index contributed by atoms with van der Waals surface area (Å²) in [6.45, 7) is 0.781. The number of nitrogens with one attached hydrogen (secondary N) is 1. The lowest BCUT2D eigenvalue weighted by atomic mass is 10.0. The zero-order valence-corrected chi connectivity index (χ0v) is 11.0. The standard InChI is InChI=1S/C13H14BrN3/c14-12-4-3-11(13(15)6-12)9-17-8-10-2-1-5-16-7-10/h1-7,9,13,17H,8,15H2/p+1/b11-9-. The lowest BCUT2D eigenvalue weighted by Gasteiger charge is -2.11. The van der Waals surface area contributed by atoms with Crippen molar-refractivity contribution in [2.45, 2.75) is 12.6 Å². The number of nitrogens with zero attached hydrogens (tertiary/aromatic N) is 1. The van der Waals surface area contributed by atoms with Crippen LogP contribution in [0.2, 0.25) is 0 Å². The van der Waals surface area contributed by atoms with Crippen molar-refractivity contribution < 1.29 is 5.73 Å². The Morgan fingerprint density at radius 3 is 3.06 bits per heavy atom. The molecular formula is C13H15BrN3+. The highest BCUT2D eigenvalue weighted by Crippen LogP contribution is 2.17. The third-order valence-corrected chi connectivity index (χ3v) is 3.05. The van der Waals surface area contributed by atoms with Crippen LogP contribution in [0.25, 0.3) is 0 Å². The summed E-state index contributed by atoms with van der Waals surface area (Å²) in [6.07, 6.45) is 11.8. The van der Waals surface area contributed by atoms with E-state index in [1.807, 2.05) is 30.6 Å². The lowest BCUT2D eigenvalue weighted by Crippen LogP contribution is -2.61. The van der Waals surface area contributed by atoms with Gasteiger partial charge in [-0.3, -0.25) is 4.98 Å². The largest absolute Gasteiger partial charge is 0.386 e. The first-order valence-corrected chi connectivity index (χ1v) is 6.26. The van der Waals surface area contributed by atoms with Crippen molar-refractivity contribution in [1.29, 1.82) is 0 Å². The third-order valence-electron chi connectivity index (χ3n) is 2.52. The Morgan fingerprint density at radius 2 is 2.35 bits per heavy atom. The van der Waals surface area contributed by atoms with Gasteiger partial charge < -0.3 is 11.1 Å². The molecule has 1 aliphatic rings. The molecule has 4 N–H and O–H groups in total. The van der Waals surface area contributed by atoms with E-state index in [9.17, 15) is 0 Å². The van der Waals surface area contributed by atoms with E-state index in [1.54, 1.807) is 6.20 Å². The molecular weight excluding hydrogens is 278 g/mol. The van der Waals surface area contributed by atoms with Crippen molar-refractivity contribution >= 4 is 15.9 Å². The summed E-state index contributed by atoms with van der Waals surface area (Å²) in [6, 6.07) is 4.18. The van der Waals surface area contributed by atoms with Gasteiger partial charge >= 0.3 is 0 Å². The van der Waals surface area contributed by atoms with Crippen molar-refractivity contribution in [1.82, 2.24) is 10.3 Å². The monoisotopic (exact) mass is 292 g/mol. The number of aromatic nitrogens is 1. The second-order valence-corrected chi connectivity index (χ2v) is 4.79. The Kier molecular flexibility index (Phi) is 4.12. The molecule has 88 valence electrons. The Balaban J connectivity index is 1.92. The number of pyridine rings is 1. The molecule has 1 aromatic heterocycles. The van der Waals surface area contributed by atoms with Gasteiger partial charge in [0, 0.05) is 35.2 Å². The van der Waals surface area contributed by atoms with E-state index in [4.69, 9.17) is 0 Å². The van der Waals surface area contributed by atoms with Crippen LogP contribution in [-0.2, 0) is 6.54 Å². The molecule has 1 aromatic rings. The quantitative estimate of drug-likeness (QED) is 0.887. The van der Waals surface area contributed by atoms with Gasteiger partial charge in [-0.05, 0) is 23.8 Å². The zero-order valence-electron chi connectivity index (χ0n) is 9.44. The number of hydrogen-bond donors (Lipinski definition) is 2. The molecule has 3 nitrogen and oxygen atoms in total. The fourth-order valence-electron chi connectivity index (χ4n) is 1.59. The van der Waals surface area contributed by atoms with E-state index in [0.29, 0.717) is 0 Å². The summed E-state index contributed by atoms with van der Waals surface area (Å²) in [5, 5.41) is 3.28. The van der Waals surface area contributed by atoms with Gasteiger partial charge in [0.1, 0.15) is 6.04 Å². The minimum absolute atomic E-state index is 0.191. The number of halogens is 1. The molecule has 0 saturated heterocycles. The third kappa shape index (κ3) is 3.54. The van der Waals surface area contributed by atoms with Gasteiger partial charge in [0.2, 0.25) is 0 Å². The van der Waals surface area contributed by atoms with Crippen LogP contribution in [0.3, 0.4) is 0 Å². The number of rotatable bonds is 3. The Morgan fingerprint density at radius 1 is 1.47 bits per heavy atom. The van der Waals surface area contributed by atoms with Crippen molar-refractivity contribution in [2.75, 3.05) is 0 Å². The topological polar surface area (TPSA) is 52.6 Å². The Labute approximate surface area is 109 Å². The van der Waals surface area contributed by atoms with E-state index >= 15 is 0 Å². The van der Waals surface area contributed by atoms with Crippen molar-refractivity contribution in [3.05, 3.63) is 64.6 Å². The van der Waals surface area contributed by atoms with Gasteiger partial charge in [0.25, 0.3) is 0 Å². The summed E-state index contributed by atoms with van der Waals surface area (Å²) < 4.78 is 1.09. The van der Waals surface area contributed by atoms with E-state index in [-0.39, 0.29) is 6.04 Å². The molecule has 17 heavy (non-hydrogen) atoms. The predicted molar refractivity (Wildman–Crippen MR) is 72.0 cm³/mol. The molecule has 1 aliphatic carbocycles. The Bertz CT molecular complexity index is 463. The van der Waals surface area contributed by atoms with E-state index in [1.165, 1.54) is 11.1 Å². The summed E-state index contributed by atoms with van der Waals surface area (Å²) in [5.41, 5.74) is 6.42. The normalized spacial score (nSPS) is 21.4. The fourth-order valence-corrected chi connectivity index (χ4v) is 2.04. The average molecular weight is 293 g/mol. The van der Waals surface area contributed by atoms with Crippen LogP contribution in [0.1, 0.15) is 5.56 Å². The smallest absolute Gasteiger partial charge is 0.132 e. The molecule has 0 amide bonds. The molecule has 0 saturated carbocycles. The summed E-state index contributed by atoms with van der Waals surface area (Å²) in [5.74, 6) is 0. The van der Waals surface area contributed by atoms with E-state index < -0.39 is 0 Å². The van der Waals surface area contributed by atoms with Crippen LogP contribution >= 0.6 is 15.9 Å². The zero-order chi connectivity index (χ0) is 12.1. The predicted octanol–water partition coefficient (Wildman–Crippen LogP) is 1.51. The first kappa shape index (κ1) is 12.1. The van der Waals surface area contributed by atoms with Gasteiger partial charge in [-0.1, -0.05) is 28.1 Å². The average Bonchev–Trinajstić information content (AvgIpc) is 2.33. The molecule has 0 bridgehead atoms.